The van der Waals surface area contributed by atoms with E-state index < -0.39 is 5.97 Å². The third kappa shape index (κ3) is 4.67. The van der Waals surface area contributed by atoms with Crippen LogP contribution in [0.3, 0.4) is 0 Å². The van der Waals surface area contributed by atoms with Gasteiger partial charge in [-0.05, 0) is 49.8 Å². The molecule has 1 aromatic rings. The molecule has 1 saturated heterocycles. The molecule has 23 heavy (non-hydrogen) atoms. The molecule has 0 saturated carbocycles. The first kappa shape index (κ1) is 17.7. The average Bonchev–Trinajstić information content (AvgIpc) is 2.49. The van der Waals surface area contributed by atoms with Gasteiger partial charge in [-0.2, -0.15) is 0 Å². The van der Waals surface area contributed by atoms with Gasteiger partial charge in [0.05, 0.1) is 13.0 Å². The highest BCUT2D eigenvalue weighted by atomic mass is 19.1. The molecule has 1 heterocycles. The summed E-state index contributed by atoms with van der Waals surface area (Å²) in [5.41, 5.74) is 0.940. The number of piperidine rings is 1. The number of rotatable bonds is 6. The largest absolute Gasteiger partial charge is 0.494 e. The molecule has 3 unspecified atom stereocenters. The van der Waals surface area contributed by atoms with Crippen molar-refractivity contribution >= 4 is 5.97 Å². The minimum absolute atomic E-state index is 0.260. The van der Waals surface area contributed by atoms with Gasteiger partial charge in [0.25, 0.3) is 0 Å². The van der Waals surface area contributed by atoms with Gasteiger partial charge >= 0.3 is 5.97 Å². The fourth-order valence-corrected chi connectivity index (χ4v) is 3.34. The number of carbonyl (C=O) groups is 1. The first-order valence-corrected chi connectivity index (χ1v) is 8.20. The Morgan fingerprint density at radius 2 is 2.22 bits per heavy atom. The molecule has 1 aliphatic heterocycles. The average molecular weight is 323 g/mol. The molecule has 1 aromatic carbocycles. The zero-order chi connectivity index (χ0) is 17.0. The molecule has 0 spiro atoms. The highest BCUT2D eigenvalue weighted by molar-refractivity contribution is 5.70. The van der Waals surface area contributed by atoms with Gasteiger partial charge in [0.2, 0.25) is 0 Å². The monoisotopic (exact) mass is 323 g/mol. The lowest BCUT2D eigenvalue weighted by Crippen LogP contribution is -2.46. The van der Waals surface area contributed by atoms with Gasteiger partial charge in [-0.3, -0.25) is 9.69 Å². The molecule has 128 valence electrons. The molecule has 1 fully saturated rings. The summed E-state index contributed by atoms with van der Waals surface area (Å²) in [6, 6.07) is 5.47. The molecule has 0 bridgehead atoms. The third-order valence-corrected chi connectivity index (χ3v) is 4.71. The lowest BCUT2D eigenvalue weighted by molar-refractivity contribution is -0.144. The van der Waals surface area contributed by atoms with E-state index in [-0.39, 0.29) is 17.5 Å². The van der Waals surface area contributed by atoms with Crippen LogP contribution in [0, 0.1) is 17.7 Å². The zero-order valence-corrected chi connectivity index (χ0v) is 14.1. The first-order valence-electron chi connectivity index (χ1n) is 8.20. The Bertz CT molecular complexity index is 549. The Labute approximate surface area is 137 Å². The number of benzene rings is 1. The molecule has 3 atom stereocenters. The van der Waals surface area contributed by atoms with Gasteiger partial charge < -0.3 is 9.84 Å². The van der Waals surface area contributed by atoms with E-state index in [2.05, 4.69) is 18.7 Å². The summed E-state index contributed by atoms with van der Waals surface area (Å²) in [7, 11) is 1.46. The van der Waals surface area contributed by atoms with Crippen molar-refractivity contribution < 1.29 is 19.0 Å². The molecule has 0 aromatic heterocycles. The van der Waals surface area contributed by atoms with E-state index in [1.54, 1.807) is 6.07 Å². The Morgan fingerprint density at radius 1 is 1.48 bits per heavy atom. The summed E-state index contributed by atoms with van der Waals surface area (Å²) in [6.45, 7) is 5.72. The van der Waals surface area contributed by atoms with Crippen LogP contribution in [0.2, 0.25) is 0 Å². The van der Waals surface area contributed by atoms with Crippen LogP contribution in [0.4, 0.5) is 4.39 Å². The maximum absolute atomic E-state index is 13.8. The van der Waals surface area contributed by atoms with Crippen molar-refractivity contribution in [2.45, 2.75) is 39.2 Å². The number of carboxylic acids is 1. The maximum Gasteiger partial charge on any atom is 0.307 e. The van der Waals surface area contributed by atoms with Crippen molar-refractivity contribution in [1.29, 1.82) is 0 Å². The molecule has 1 aliphatic rings. The number of nitrogens with zero attached hydrogens (tertiary/aromatic N) is 1. The fraction of sp³-hybridized carbons (Fsp3) is 0.611. The smallest absolute Gasteiger partial charge is 0.307 e. The molecule has 0 aliphatic carbocycles. The van der Waals surface area contributed by atoms with Crippen LogP contribution < -0.4 is 4.74 Å². The van der Waals surface area contributed by atoms with Gasteiger partial charge in [-0.1, -0.05) is 13.0 Å². The number of aliphatic carboxylic acids is 1. The summed E-state index contributed by atoms with van der Waals surface area (Å²) >= 11 is 0. The van der Waals surface area contributed by atoms with Gasteiger partial charge in [-0.25, -0.2) is 4.39 Å². The quantitative estimate of drug-likeness (QED) is 0.873. The molecule has 2 rings (SSSR count). The number of halogens is 1. The van der Waals surface area contributed by atoms with Crippen molar-refractivity contribution in [2.75, 3.05) is 20.2 Å². The van der Waals surface area contributed by atoms with E-state index in [9.17, 15) is 14.3 Å². The number of likely N-dealkylation sites (tertiary alicyclic amines) is 1. The molecular formula is C18H26FNO3. The Morgan fingerprint density at radius 3 is 2.83 bits per heavy atom. The van der Waals surface area contributed by atoms with E-state index in [0.29, 0.717) is 18.5 Å². The molecule has 4 nitrogen and oxygen atoms in total. The second-order valence-electron chi connectivity index (χ2n) is 6.69. The van der Waals surface area contributed by atoms with Crippen LogP contribution in [0.25, 0.3) is 0 Å². The summed E-state index contributed by atoms with van der Waals surface area (Å²) in [5, 5.41) is 9.21. The highest BCUT2D eigenvalue weighted by Gasteiger charge is 2.30. The third-order valence-electron chi connectivity index (χ3n) is 4.71. The van der Waals surface area contributed by atoms with Gasteiger partial charge in [0.1, 0.15) is 0 Å². The van der Waals surface area contributed by atoms with E-state index in [1.807, 2.05) is 6.07 Å². The minimum Gasteiger partial charge on any atom is -0.494 e. The van der Waals surface area contributed by atoms with Gasteiger partial charge in [0, 0.05) is 19.1 Å². The topological polar surface area (TPSA) is 49.8 Å². The molecule has 0 amide bonds. The van der Waals surface area contributed by atoms with Crippen LogP contribution in [-0.4, -0.2) is 42.2 Å². The number of hydrogen-bond acceptors (Lipinski definition) is 3. The Hall–Kier alpha value is -1.62. The number of methoxy groups -OCH3 is 1. The Balaban J connectivity index is 1.94. The molecule has 5 heteroatoms. The second-order valence-corrected chi connectivity index (χ2v) is 6.69. The lowest BCUT2D eigenvalue weighted by atomic mass is 9.91. The minimum atomic E-state index is -0.702. The summed E-state index contributed by atoms with van der Waals surface area (Å²) in [6.07, 6.45) is 2.44. The zero-order valence-electron chi connectivity index (χ0n) is 14.1. The van der Waals surface area contributed by atoms with Crippen molar-refractivity contribution in [3.05, 3.63) is 29.6 Å². The highest BCUT2D eigenvalue weighted by Crippen LogP contribution is 2.24. The fourth-order valence-electron chi connectivity index (χ4n) is 3.34. The van der Waals surface area contributed by atoms with Crippen LogP contribution >= 0.6 is 0 Å². The van der Waals surface area contributed by atoms with Gasteiger partial charge in [0.15, 0.2) is 11.6 Å². The number of hydrogen-bond donors (Lipinski definition) is 1. The standard InChI is InChI=1S/C18H26FNO3/c1-12(8-14-5-7-17(23-3)16(19)9-14)10-20-11-15(18(21)22)6-4-13(20)2/h5,7,9,12-13,15H,4,6,8,10-11H2,1-3H3,(H,21,22). The molecule has 1 N–H and O–H groups in total. The van der Waals surface area contributed by atoms with E-state index in [4.69, 9.17) is 4.74 Å². The van der Waals surface area contributed by atoms with E-state index >= 15 is 0 Å². The van der Waals surface area contributed by atoms with Crippen LogP contribution in [-0.2, 0) is 11.2 Å². The van der Waals surface area contributed by atoms with Crippen molar-refractivity contribution in [1.82, 2.24) is 4.90 Å². The van der Waals surface area contributed by atoms with E-state index in [0.717, 1.165) is 31.4 Å². The number of carboxylic acid groups (broad SMARTS) is 1. The second kappa shape index (κ2) is 7.77. The van der Waals surface area contributed by atoms with Crippen LogP contribution in [0.15, 0.2) is 18.2 Å². The predicted molar refractivity (Wildman–Crippen MR) is 87.2 cm³/mol. The summed E-state index contributed by atoms with van der Waals surface area (Å²) in [5.74, 6) is -0.716. The Kier molecular flexibility index (Phi) is 5.99. The van der Waals surface area contributed by atoms with Gasteiger partial charge in [-0.15, -0.1) is 0 Å². The van der Waals surface area contributed by atoms with Crippen molar-refractivity contribution in [2.24, 2.45) is 11.8 Å². The summed E-state index contributed by atoms with van der Waals surface area (Å²) < 4.78 is 18.7. The lowest BCUT2D eigenvalue weighted by Gasteiger charge is -2.38. The molecule has 0 radical (unpaired) electrons. The normalized spacial score (nSPS) is 23.5. The molecular weight excluding hydrogens is 297 g/mol. The summed E-state index contributed by atoms with van der Waals surface area (Å²) in [4.78, 5) is 13.5. The number of ether oxygens (including phenoxy) is 1. The SMILES string of the molecule is COc1ccc(CC(C)CN2CC(C(=O)O)CCC2C)cc1F. The van der Waals surface area contributed by atoms with Crippen LogP contribution in [0.5, 0.6) is 5.75 Å². The maximum atomic E-state index is 13.8. The van der Waals surface area contributed by atoms with Crippen molar-refractivity contribution in [3.63, 3.8) is 0 Å². The predicted octanol–water partition coefficient (Wildman–Crippen LogP) is 3.20. The van der Waals surface area contributed by atoms with Crippen LogP contribution in [0.1, 0.15) is 32.3 Å². The van der Waals surface area contributed by atoms with Crippen molar-refractivity contribution in [3.8, 4) is 5.75 Å². The first-order chi connectivity index (χ1) is 10.9. The van der Waals surface area contributed by atoms with E-state index in [1.165, 1.54) is 13.2 Å².